The molecule has 0 aliphatic carbocycles. The van der Waals surface area contributed by atoms with Crippen molar-refractivity contribution in [3.8, 4) is 0 Å². The molecule has 5 nitrogen and oxygen atoms in total. The summed E-state index contributed by atoms with van der Waals surface area (Å²) in [6, 6.07) is 5.78. The number of carbonyl (C=O) groups is 2. The number of rotatable bonds is 5. The van der Waals surface area contributed by atoms with Gasteiger partial charge in [0, 0.05) is 30.4 Å². The van der Waals surface area contributed by atoms with E-state index in [1.165, 1.54) is 5.56 Å². The zero-order valence-corrected chi connectivity index (χ0v) is 12.9. The molecule has 2 N–H and O–H groups in total. The van der Waals surface area contributed by atoms with Crippen molar-refractivity contribution >= 4 is 17.5 Å². The molecule has 1 aromatic carbocycles. The predicted molar refractivity (Wildman–Crippen MR) is 83.5 cm³/mol. The first-order valence-corrected chi connectivity index (χ1v) is 7.46. The smallest absolute Gasteiger partial charge is 0.254 e. The minimum absolute atomic E-state index is 0.0809. The summed E-state index contributed by atoms with van der Waals surface area (Å²) in [6.07, 6.45) is 0.941. The van der Waals surface area contributed by atoms with Crippen LogP contribution in [0.5, 0.6) is 0 Å². The van der Waals surface area contributed by atoms with Crippen LogP contribution < -0.4 is 10.6 Å². The van der Waals surface area contributed by atoms with Gasteiger partial charge in [0.1, 0.15) is 0 Å². The van der Waals surface area contributed by atoms with Gasteiger partial charge >= 0.3 is 0 Å². The molecule has 114 valence electrons. The quantitative estimate of drug-likeness (QED) is 0.866. The highest BCUT2D eigenvalue weighted by Gasteiger charge is 2.19. The van der Waals surface area contributed by atoms with Crippen molar-refractivity contribution in [1.29, 1.82) is 0 Å². The van der Waals surface area contributed by atoms with Crippen LogP contribution in [-0.4, -0.2) is 42.4 Å². The van der Waals surface area contributed by atoms with Crippen molar-refractivity contribution in [2.75, 3.05) is 25.0 Å². The van der Waals surface area contributed by atoms with Crippen molar-refractivity contribution in [2.24, 2.45) is 0 Å². The Morgan fingerprint density at radius 1 is 1.38 bits per heavy atom. The fraction of sp³-hybridized carbons (Fsp3) is 0.500. The summed E-state index contributed by atoms with van der Waals surface area (Å²) < 4.78 is 0. The normalized spacial score (nSPS) is 12.8. The van der Waals surface area contributed by atoms with E-state index in [0.717, 1.165) is 18.7 Å². The third-order valence-electron chi connectivity index (χ3n) is 3.52. The lowest BCUT2D eigenvalue weighted by atomic mass is 10.1. The second-order valence-corrected chi connectivity index (χ2v) is 5.59. The van der Waals surface area contributed by atoms with Gasteiger partial charge in [-0.2, -0.15) is 0 Å². The lowest BCUT2D eigenvalue weighted by molar-refractivity contribution is -0.122. The van der Waals surface area contributed by atoms with Crippen LogP contribution >= 0.6 is 0 Å². The van der Waals surface area contributed by atoms with Gasteiger partial charge in [0.2, 0.25) is 5.91 Å². The minimum atomic E-state index is -0.122. The maximum Gasteiger partial charge on any atom is 0.254 e. The van der Waals surface area contributed by atoms with E-state index in [0.29, 0.717) is 12.1 Å². The Labute approximate surface area is 125 Å². The highest BCUT2D eigenvalue weighted by atomic mass is 16.2. The number of likely N-dealkylation sites (N-methyl/N-ethyl adjacent to an activating group) is 1. The molecule has 0 radical (unpaired) electrons. The minimum Gasteiger partial charge on any atom is -0.384 e. The number of fused-ring (bicyclic) bond motifs is 1. The molecule has 1 aliphatic heterocycles. The van der Waals surface area contributed by atoms with Gasteiger partial charge in [-0.1, -0.05) is 0 Å². The molecule has 1 heterocycles. The van der Waals surface area contributed by atoms with Gasteiger partial charge in [-0.25, -0.2) is 0 Å². The Kier molecular flexibility index (Phi) is 4.83. The molecule has 2 amide bonds. The van der Waals surface area contributed by atoms with E-state index in [1.807, 2.05) is 39.0 Å². The summed E-state index contributed by atoms with van der Waals surface area (Å²) in [6.45, 7) is 7.23. The number of nitrogens with one attached hydrogen (secondary N) is 2. The Morgan fingerprint density at radius 2 is 2.14 bits per heavy atom. The second-order valence-electron chi connectivity index (χ2n) is 5.59. The van der Waals surface area contributed by atoms with Crippen LogP contribution in [0.1, 0.15) is 36.7 Å². The standard InChI is InChI=1S/C16H23N3O2/c1-4-19(10-15(20)18-11(2)3)16(21)13-5-6-14-12(9-13)7-8-17-14/h5-6,9,11,17H,4,7-8,10H2,1-3H3,(H,18,20). The number of hydrogen-bond donors (Lipinski definition) is 2. The van der Waals surface area contributed by atoms with Crippen LogP contribution in [0.25, 0.3) is 0 Å². The molecular weight excluding hydrogens is 266 g/mol. The van der Waals surface area contributed by atoms with Crippen LogP contribution in [0.15, 0.2) is 18.2 Å². The van der Waals surface area contributed by atoms with Crippen molar-refractivity contribution in [1.82, 2.24) is 10.2 Å². The molecule has 0 unspecified atom stereocenters. The Morgan fingerprint density at radius 3 is 2.81 bits per heavy atom. The molecule has 0 atom stereocenters. The highest BCUT2D eigenvalue weighted by molar-refractivity contribution is 5.97. The van der Waals surface area contributed by atoms with Crippen molar-refractivity contribution < 1.29 is 9.59 Å². The summed E-state index contributed by atoms with van der Waals surface area (Å²) in [5.74, 6) is -0.214. The first-order chi connectivity index (χ1) is 10.0. The molecule has 21 heavy (non-hydrogen) atoms. The van der Waals surface area contributed by atoms with Gasteiger partial charge in [-0.05, 0) is 51.0 Å². The third kappa shape index (κ3) is 3.74. The predicted octanol–water partition coefficient (Wildman–Crippen LogP) is 1.64. The van der Waals surface area contributed by atoms with Crippen LogP contribution in [-0.2, 0) is 11.2 Å². The Hall–Kier alpha value is -2.04. The van der Waals surface area contributed by atoms with Gasteiger partial charge in [-0.15, -0.1) is 0 Å². The number of anilines is 1. The molecule has 0 saturated heterocycles. The number of carbonyl (C=O) groups excluding carboxylic acids is 2. The van der Waals surface area contributed by atoms with E-state index in [2.05, 4.69) is 10.6 Å². The van der Waals surface area contributed by atoms with Crippen LogP contribution in [0, 0.1) is 0 Å². The van der Waals surface area contributed by atoms with E-state index >= 15 is 0 Å². The number of nitrogens with zero attached hydrogens (tertiary/aromatic N) is 1. The van der Waals surface area contributed by atoms with Crippen LogP contribution in [0.3, 0.4) is 0 Å². The summed E-state index contributed by atoms with van der Waals surface area (Å²) in [5, 5.41) is 6.09. The van der Waals surface area contributed by atoms with Crippen molar-refractivity contribution in [3.63, 3.8) is 0 Å². The number of amides is 2. The molecule has 2 rings (SSSR count). The largest absolute Gasteiger partial charge is 0.384 e. The highest BCUT2D eigenvalue weighted by Crippen LogP contribution is 2.23. The third-order valence-corrected chi connectivity index (χ3v) is 3.52. The molecule has 1 aliphatic rings. The van der Waals surface area contributed by atoms with Crippen LogP contribution in [0.4, 0.5) is 5.69 Å². The molecule has 0 spiro atoms. The SMILES string of the molecule is CCN(CC(=O)NC(C)C)C(=O)c1ccc2c(c1)CCN2. The fourth-order valence-electron chi connectivity index (χ4n) is 2.49. The average Bonchev–Trinajstić information content (AvgIpc) is 2.90. The van der Waals surface area contributed by atoms with Gasteiger partial charge in [0.05, 0.1) is 6.54 Å². The molecule has 0 saturated carbocycles. The molecular formula is C16H23N3O2. The summed E-state index contributed by atoms with van der Waals surface area (Å²) in [5.41, 5.74) is 2.92. The summed E-state index contributed by atoms with van der Waals surface area (Å²) in [7, 11) is 0. The number of hydrogen-bond acceptors (Lipinski definition) is 3. The van der Waals surface area contributed by atoms with E-state index in [-0.39, 0.29) is 24.4 Å². The maximum absolute atomic E-state index is 12.5. The average molecular weight is 289 g/mol. The molecule has 0 bridgehead atoms. The van der Waals surface area contributed by atoms with Crippen LogP contribution in [0.2, 0.25) is 0 Å². The second kappa shape index (κ2) is 6.61. The molecule has 5 heteroatoms. The number of benzene rings is 1. The van der Waals surface area contributed by atoms with E-state index in [9.17, 15) is 9.59 Å². The first kappa shape index (κ1) is 15.4. The Balaban J connectivity index is 2.07. The van der Waals surface area contributed by atoms with Gasteiger partial charge < -0.3 is 15.5 Å². The maximum atomic E-state index is 12.5. The van der Waals surface area contributed by atoms with Gasteiger partial charge in [0.15, 0.2) is 0 Å². The zero-order valence-electron chi connectivity index (χ0n) is 12.9. The molecule has 1 aromatic rings. The summed E-state index contributed by atoms with van der Waals surface area (Å²) >= 11 is 0. The zero-order chi connectivity index (χ0) is 15.4. The summed E-state index contributed by atoms with van der Waals surface area (Å²) in [4.78, 5) is 25.9. The van der Waals surface area contributed by atoms with E-state index in [4.69, 9.17) is 0 Å². The lowest BCUT2D eigenvalue weighted by Gasteiger charge is -2.21. The fourth-order valence-corrected chi connectivity index (χ4v) is 2.49. The monoisotopic (exact) mass is 289 g/mol. The van der Waals surface area contributed by atoms with E-state index < -0.39 is 0 Å². The van der Waals surface area contributed by atoms with E-state index in [1.54, 1.807) is 4.90 Å². The molecule has 0 fully saturated rings. The topological polar surface area (TPSA) is 61.4 Å². The Bertz CT molecular complexity index is 540. The van der Waals surface area contributed by atoms with Crippen molar-refractivity contribution in [3.05, 3.63) is 29.3 Å². The first-order valence-electron chi connectivity index (χ1n) is 7.46. The van der Waals surface area contributed by atoms with Gasteiger partial charge in [0.25, 0.3) is 5.91 Å². The lowest BCUT2D eigenvalue weighted by Crippen LogP contribution is -2.42. The molecule has 0 aromatic heterocycles. The van der Waals surface area contributed by atoms with Crippen molar-refractivity contribution in [2.45, 2.75) is 33.2 Å². The van der Waals surface area contributed by atoms with Gasteiger partial charge in [-0.3, -0.25) is 9.59 Å².